The Labute approximate surface area is 152 Å². The molecule has 0 bridgehead atoms. The van der Waals surface area contributed by atoms with Crippen molar-refractivity contribution in [1.82, 2.24) is 19.7 Å². The maximum atomic E-state index is 12.3. The average Bonchev–Trinajstić information content (AvgIpc) is 3.14. The lowest BCUT2D eigenvalue weighted by molar-refractivity contribution is -0.274. The second-order valence-electron chi connectivity index (χ2n) is 5.80. The lowest BCUT2D eigenvalue weighted by Crippen LogP contribution is -2.17. The van der Waals surface area contributed by atoms with Crippen molar-refractivity contribution in [2.24, 2.45) is 0 Å². The quantitative estimate of drug-likeness (QED) is 0.614. The molecule has 0 aliphatic carbocycles. The molecule has 0 unspecified atom stereocenters. The normalized spacial score (nSPS) is 11.4. The number of hydrogen-bond donors (Lipinski definition) is 0. The van der Waals surface area contributed by atoms with Crippen molar-refractivity contribution in [2.75, 3.05) is 0 Å². The smallest absolute Gasteiger partial charge is 0.406 e. The van der Waals surface area contributed by atoms with Crippen molar-refractivity contribution in [3.05, 3.63) is 65.9 Å². The van der Waals surface area contributed by atoms with Gasteiger partial charge in [0.15, 0.2) is 11.6 Å². The summed E-state index contributed by atoms with van der Waals surface area (Å²) in [6, 6.07) is 7.40. The SMILES string of the molecule is Cc1cc(OC(F)(F)F)ccc1CCC(=O)c1ccc(-n2cncn2)nc1. The zero-order valence-corrected chi connectivity index (χ0v) is 14.3. The van der Waals surface area contributed by atoms with Crippen LogP contribution in [0.4, 0.5) is 13.2 Å². The van der Waals surface area contributed by atoms with E-state index in [0.29, 0.717) is 23.4 Å². The fourth-order valence-electron chi connectivity index (χ4n) is 2.55. The Morgan fingerprint density at radius 3 is 2.63 bits per heavy atom. The number of hydrogen-bond acceptors (Lipinski definition) is 5. The molecule has 3 aromatic rings. The number of Topliss-reactive ketones (excluding diaryl/α,β-unsaturated/α-hetero) is 1. The summed E-state index contributed by atoms with van der Waals surface area (Å²) in [6.07, 6.45) is 0.237. The molecular formula is C18H15F3N4O2. The third-order valence-electron chi connectivity index (χ3n) is 3.89. The number of carbonyl (C=O) groups is 1. The van der Waals surface area contributed by atoms with Gasteiger partial charge >= 0.3 is 6.36 Å². The van der Waals surface area contributed by atoms with Crippen molar-refractivity contribution >= 4 is 5.78 Å². The lowest BCUT2D eigenvalue weighted by atomic mass is 10.00. The first-order chi connectivity index (χ1) is 12.8. The van der Waals surface area contributed by atoms with Crippen LogP contribution in [0.2, 0.25) is 0 Å². The van der Waals surface area contributed by atoms with E-state index in [1.54, 1.807) is 19.1 Å². The number of ether oxygens (including phenoxy) is 1. The molecule has 3 rings (SSSR count). The van der Waals surface area contributed by atoms with Gasteiger partial charge in [-0.15, -0.1) is 13.2 Å². The molecule has 0 aliphatic rings. The summed E-state index contributed by atoms with van der Waals surface area (Å²) in [6.45, 7) is 1.68. The van der Waals surface area contributed by atoms with Gasteiger partial charge in [-0.2, -0.15) is 5.10 Å². The predicted octanol–water partition coefficient (Wildman–Crippen LogP) is 3.68. The van der Waals surface area contributed by atoms with Gasteiger partial charge in [-0.05, 0) is 48.7 Å². The minimum absolute atomic E-state index is 0.109. The van der Waals surface area contributed by atoms with Crippen LogP contribution in [0.5, 0.6) is 5.75 Å². The number of benzene rings is 1. The second kappa shape index (κ2) is 7.56. The molecule has 9 heteroatoms. The number of ketones is 1. The first-order valence-electron chi connectivity index (χ1n) is 8.01. The minimum Gasteiger partial charge on any atom is -0.406 e. The van der Waals surface area contributed by atoms with Crippen LogP contribution in [-0.4, -0.2) is 31.9 Å². The number of rotatable bonds is 6. The van der Waals surface area contributed by atoms with Gasteiger partial charge in [-0.1, -0.05) is 6.07 Å². The average molecular weight is 376 g/mol. The highest BCUT2D eigenvalue weighted by molar-refractivity contribution is 5.95. The maximum absolute atomic E-state index is 12.3. The Morgan fingerprint density at radius 2 is 2.04 bits per heavy atom. The van der Waals surface area contributed by atoms with E-state index in [4.69, 9.17) is 0 Å². The zero-order chi connectivity index (χ0) is 19.4. The number of aromatic nitrogens is 4. The molecule has 1 aromatic carbocycles. The van der Waals surface area contributed by atoms with Gasteiger partial charge in [0.05, 0.1) is 0 Å². The van der Waals surface area contributed by atoms with Gasteiger partial charge in [-0.25, -0.2) is 14.6 Å². The van der Waals surface area contributed by atoms with E-state index in [2.05, 4.69) is 19.8 Å². The molecule has 0 spiro atoms. The van der Waals surface area contributed by atoms with E-state index >= 15 is 0 Å². The molecule has 2 heterocycles. The van der Waals surface area contributed by atoms with Gasteiger partial charge in [-0.3, -0.25) is 4.79 Å². The highest BCUT2D eigenvalue weighted by Gasteiger charge is 2.31. The summed E-state index contributed by atoms with van der Waals surface area (Å²) < 4.78 is 42.1. The van der Waals surface area contributed by atoms with Gasteiger partial charge < -0.3 is 4.74 Å². The van der Waals surface area contributed by atoms with Crippen molar-refractivity contribution in [3.8, 4) is 11.6 Å². The largest absolute Gasteiger partial charge is 0.573 e. The summed E-state index contributed by atoms with van der Waals surface area (Å²) in [5, 5.41) is 3.95. The lowest BCUT2D eigenvalue weighted by Gasteiger charge is -2.11. The first-order valence-corrected chi connectivity index (χ1v) is 8.01. The number of pyridine rings is 1. The van der Waals surface area contributed by atoms with Gasteiger partial charge in [0.2, 0.25) is 0 Å². The summed E-state index contributed by atoms with van der Waals surface area (Å²) in [4.78, 5) is 20.3. The van der Waals surface area contributed by atoms with Gasteiger partial charge in [0.25, 0.3) is 0 Å². The van der Waals surface area contributed by atoms with E-state index in [1.165, 1.54) is 41.7 Å². The van der Waals surface area contributed by atoms with E-state index in [0.717, 1.165) is 5.56 Å². The van der Waals surface area contributed by atoms with E-state index in [-0.39, 0.29) is 18.0 Å². The Hall–Kier alpha value is -3.23. The highest BCUT2D eigenvalue weighted by atomic mass is 19.4. The van der Waals surface area contributed by atoms with Crippen LogP contribution in [0, 0.1) is 6.92 Å². The van der Waals surface area contributed by atoms with Gasteiger partial charge in [0, 0.05) is 18.2 Å². The number of carbonyl (C=O) groups excluding carboxylic acids is 1. The molecule has 140 valence electrons. The molecule has 0 aliphatic heterocycles. The van der Waals surface area contributed by atoms with E-state index in [1.807, 2.05) is 0 Å². The summed E-state index contributed by atoms with van der Waals surface area (Å²) in [7, 11) is 0. The maximum Gasteiger partial charge on any atom is 0.573 e. The van der Waals surface area contributed by atoms with Crippen molar-refractivity contribution < 1.29 is 22.7 Å². The van der Waals surface area contributed by atoms with Crippen LogP contribution in [0.1, 0.15) is 27.9 Å². The summed E-state index contributed by atoms with van der Waals surface area (Å²) in [5.41, 5.74) is 1.86. The molecule has 0 saturated carbocycles. The number of nitrogens with zero attached hydrogens (tertiary/aromatic N) is 4. The van der Waals surface area contributed by atoms with Gasteiger partial charge in [0.1, 0.15) is 18.4 Å². The van der Waals surface area contributed by atoms with Crippen LogP contribution < -0.4 is 4.74 Å². The van der Waals surface area contributed by atoms with Crippen LogP contribution in [-0.2, 0) is 6.42 Å². The monoisotopic (exact) mass is 376 g/mol. The topological polar surface area (TPSA) is 69.9 Å². The van der Waals surface area contributed by atoms with Crippen LogP contribution in [0.3, 0.4) is 0 Å². The molecule has 6 nitrogen and oxygen atoms in total. The summed E-state index contributed by atoms with van der Waals surface area (Å²) >= 11 is 0. The molecular weight excluding hydrogens is 361 g/mol. The fourth-order valence-corrected chi connectivity index (χ4v) is 2.55. The van der Waals surface area contributed by atoms with E-state index < -0.39 is 6.36 Å². The van der Waals surface area contributed by atoms with Crippen LogP contribution >= 0.6 is 0 Å². The first kappa shape index (κ1) is 18.6. The minimum atomic E-state index is -4.73. The fraction of sp³-hybridized carbons (Fsp3) is 0.222. The van der Waals surface area contributed by atoms with Crippen molar-refractivity contribution in [3.63, 3.8) is 0 Å². The van der Waals surface area contributed by atoms with Crippen LogP contribution in [0.25, 0.3) is 5.82 Å². The Bertz CT molecular complexity index is 923. The van der Waals surface area contributed by atoms with Crippen LogP contribution in [0.15, 0.2) is 49.2 Å². The third-order valence-corrected chi connectivity index (χ3v) is 3.89. The number of halogens is 3. The Balaban J connectivity index is 1.62. The Kier molecular flexibility index (Phi) is 5.20. The molecule has 0 fully saturated rings. The van der Waals surface area contributed by atoms with Crippen molar-refractivity contribution in [1.29, 1.82) is 0 Å². The molecule has 0 saturated heterocycles. The Morgan fingerprint density at radius 1 is 1.22 bits per heavy atom. The molecule has 27 heavy (non-hydrogen) atoms. The molecule has 2 aromatic heterocycles. The zero-order valence-electron chi connectivity index (χ0n) is 14.3. The molecule has 0 radical (unpaired) electrons. The highest BCUT2D eigenvalue weighted by Crippen LogP contribution is 2.25. The molecule has 0 N–H and O–H groups in total. The predicted molar refractivity (Wildman–Crippen MR) is 89.7 cm³/mol. The summed E-state index contributed by atoms with van der Waals surface area (Å²) in [5.74, 6) is 0.158. The standard InChI is InChI=1S/C18H15F3N4O2/c1-12-8-15(27-18(19,20)21)5-2-13(12)3-6-16(26)14-4-7-17(23-9-14)25-11-22-10-24-25/h2,4-5,7-11H,3,6H2,1H3. The molecule has 0 amide bonds. The van der Waals surface area contributed by atoms with Crippen molar-refractivity contribution in [2.45, 2.75) is 26.1 Å². The number of alkyl halides is 3. The second-order valence-corrected chi connectivity index (χ2v) is 5.80. The third kappa shape index (κ3) is 4.90. The number of aryl methyl sites for hydroxylation is 2. The van der Waals surface area contributed by atoms with E-state index in [9.17, 15) is 18.0 Å². The molecule has 0 atom stereocenters.